The topological polar surface area (TPSA) is 0 Å². The Labute approximate surface area is 59.9 Å². The summed E-state index contributed by atoms with van der Waals surface area (Å²) in [6.45, 7) is 2.15. The third-order valence-corrected chi connectivity index (χ3v) is 2.57. The summed E-state index contributed by atoms with van der Waals surface area (Å²) < 4.78 is 0. The first kappa shape index (κ1) is 7.28. The Bertz CT molecular complexity index is 116. The molecule has 0 N–H and O–H groups in total. The Balaban J connectivity index is 2.41. The fourth-order valence-electron chi connectivity index (χ4n) is 1.39. The van der Waals surface area contributed by atoms with Gasteiger partial charge in [0.25, 0.3) is 0 Å². The molecule has 2 atom stereocenters. The second-order valence-electron chi connectivity index (χ2n) is 2.80. The molecule has 0 nitrogen and oxygen atoms in total. The third kappa shape index (κ3) is 2.10. The Morgan fingerprint density at radius 1 is 1.67 bits per heavy atom. The van der Waals surface area contributed by atoms with Crippen LogP contribution in [0.1, 0.15) is 32.6 Å². The van der Waals surface area contributed by atoms with E-state index in [1.165, 1.54) is 25.7 Å². The Morgan fingerprint density at radius 2 is 2.44 bits per heavy atom. The number of hydrogen-bond acceptors (Lipinski definition) is 0. The fourth-order valence-corrected chi connectivity index (χ4v) is 1.93. The summed E-state index contributed by atoms with van der Waals surface area (Å²) in [5, 5.41) is 0. The lowest BCUT2D eigenvalue weighted by molar-refractivity contribution is 0.611. The van der Waals surface area contributed by atoms with Crippen LogP contribution in [0.4, 0.5) is 0 Å². The van der Waals surface area contributed by atoms with E-state index in [1.807, 2.05) is 0 Å². The van der Waals surface area contributed by atoms with E-state index >= 15 is 0 Å². The first-order chi connectivity index (χ1) is 4.33. The van der Waals surface area contributed by atoms with E-state index in [2.05, 4.69) is 22.2 Å². The summed E-state index contributed by atoms with van der Waals surface area (Å²) in [6.07, 6.45) is 7.74. The van der Waals surface area contributed by atoms with Crippen molar-refractivity contribution in [2.45, 2.75) is 38.3 Å². The van der Waals surface area contributed by atoms with Crippen molar-refractivity contribution < 1.29 is 0 Å². The lowest BCUT2D eigenvalue weighted by atomic mass is 9.94. The average Bonchev–Trinajstić information content (AvgIpc) is 1.88. The zero-order valence-corrected chi connectivity index (χ0v) is 7.22. The van der Waals surface area contributed by atoms with Crippen molar-refractivity contribution in [2.24, 2.45) is 0 Å². The predicted octanol–water partition coefficient (Wildman–Crippen LogP) is 2.75. The highest BCUT2D eigenvalue weighted by Crippen LogP contribution is 2.27. The number of allylic oxidation sites excluding steroid dienone is 2. The molecule has 1 fully saturated rings. The highest BCUT2D eigenvalue weighted by molar-refractivity contribution is 7.17. The second-order valence-corrected chi connectivity index (χ2v) is 3.75. The van der Waals surface area contributed by atoms with Gasteiger partial charge in [-0.25, -0.2) is 0 Å². The Morgan fingerprint density at radius 3 is 2.89 bits per heavy atom. The summed E-state index contributed by atoms with van der Waals surface area (Å²) in [6, 6.07) is 0. The van der Waals surface area contributed by atoms with Crippen molar-refractivity contribution in [3.63, 3.8) is 0 Å². The van der Waals surface area contributed by atoms with E-state index in [1.54, 1.807) is 5.57 Å². The highest BCUT2D eigenvalue weighted by atomic mass is 31.0. The third-order valence-electron chi connectivity index (χ3n) is 2.01. The normalized spacial score (nSPS) is 33.1. The highest BCUT2D eigenvalue weighted by Gasteiger charge is 2.10. The van der Waals surface area contributed by atoms with Gasteiger partial charge in [-0.15, -0.1) is 9.24 Å². The van der Waals surface area contributed by atoms with Gasteiger partial charge in [0.2, 0.25) is 0 Å². The number of hydrogen-bond donors (Lipinski definition) is 0. The van der Waals surface area contributed by atoms with E-state index in [-0.39, 0.29) is 0 Å². The maximum atomic E-state index is 2.92. The fraction of sp³-hybridized carbons (Fsp3) is 0.750. The van der Waals surface area contributed by atoms with Crippen LogP contribution in [0.2, 0.25) is 0 Å². The molecular formula is C8H15P. The van der Waals surface area contributed by atoms with Gasteiger partial charge >= 0.3 is 0 Å². The molecule has 0 radical (unpaired) electrons. The van der Waals surface area contributed by atoms with Crippen molar-refractivity contribution in [2.75, 3.05) is 0 Å². The molecule has 1 aliphatic rings. The van der Waals surface area contributed by atoms with Gasteiger partial charge in [-0.1, -0.05) is 11.6 Å². The molecule has 1 aliphatic carbocycles. The SMILES string of the molecule is C/C=C1/CCC[C@H](P)C1. The smallest absolute Gasteiger partial charge is 0.0227 e. The minimum Gasteiger partial charge on any atom is -0.134 e. The van der Waals surface area contributed by atoms with Crippen LogP contribution in [-0.2, 0) is 0 Å². The standard InChI is InChI=1S/C8H15P/c1-2-7-4-3-5-8(9)6-7/h2,8H,3-6,9H2,1H3/b7-2-/t8-/m0/s1. The summed E-state index contributed by atoms with van der Waals surface area (Å²) in [5.41, 5.74) is 2.52. The van der Waals surface area contributed by atoms with Gasteiger partial charge in [0, 0.05) is 0 Å². The van der Waals surface area contributed by atoms with Crippen LogP contribution in [0.3, 0.4) is 0 Å². The molecule has 0 spiro atoms. The zero-order valence-electron chi connectivity index (χ0n) is 6.06. The van der Waals surface area contributed by atoms with E-state index in [0.29, 0.717) is 0 Å². The van der Waals surface area contributed by atoms with E-state index in [0.717, 1.165) is 5.66 Å². The van der Waals surface area contributed by atoms with Crippen LogP contribution in [0.5, 0.6) is 0 Å². The molecule has 0 amide bonds. The molecule has 1 saturated carbocycles. The molecule has 1 unspecified atom stereocenters. The monoisotopic (exact) mass is 142 g/mol. The van der Waals surface area contributed by atoms with Gasteiger partial charge in [-0.2, -0.15) is 0 Å². The molecule has 0 aromatic rings. The lowest BCUT2D eigenvalue weighted by Crippen LogP contribution is -2.06. The quantitative estimate of drug-likeness (QED) is 0.360. The molecule has 52 valence electrons. The molecule has 0 bridgehead atoms. The average molecular weight is 142 g/mol. The first-order valence-corrected chi connectivity index (χ1v) is 4.39. The molecule has 0 aromatic carbocycles. The largest absolute Gasteiger partial charge is 0.134 e. The summed E-state index contributed by atoms with van der Waals surface area (Å²) in [4.78, 5) is 0. The molecular weight excluding hydrogens is 127 g/mol. The minimum atomic E-state index is 0.866. The number of rotatable bonds is 0. The van der Waals surface area contributed by atoms with E-state index in [9.17, 15) is 0 Å². The van der Waals surface area contributed by atoms with Crippen LogP contribution in [0.15, 0.2) is 11.6 Å². The van der Waals surface area contributed by atoms with Gasteiger partial charge < -0.3 is 0 Å². The van der Waals surface area contributed by atoms with Gasteiger partial charge in [-0.3, -0.25) is 0 Å². The summed E-state index contributed by atoms with van der Waals surface area (Å²) in [5.74, 6) is 0. The molecule has 0 saturated heterocycles. The molecule has 0 aliphatic heterocycles. The van der Waals surface area contributed by atoms with E-state index < -0.39 is 0 Å². The molecule has 0 heterocycles. The second kappa shape index (κ2) is 3.37. The summed E-state index contributed by atoms with van der Waals surface area (Å²) in [7, 11) is 2.92. The Kier molecular flexibility index (Phi) is 2.72. The predicted molar refractivity (Wildman–Crippen MR) is 45.7 cm³/mol. The lowest BCUT2D eigenvalue weighted by Gasteiger charge is -2.19. The van der Waals surface area contributed by atoms with Crippen LogP contribution in [0, 0.1) is 0 Å². The molecule has 1 heteroatoms. The Hall–Kier alpha value is 0.170. The molecule has 1 rings (SSSR count). The van der Waals surface area contributed by atoms with Gasteiger partial charge in [-0.05, 0) is 38.3 Å². The van der Waals surface area contributed by atoms with E-state index in [4.69, 9.17) is 0 Å². The van der Waals surface area contributed by atoms with Crippen molar-refractivity contribution in [3.05, 3.63) is 11.6 Å². The molecule has 0 aromatic heterocycles. The van der Waals surface area contributed by atoms with Crippen molar-refractivity contribution in [3.8, 4) is 0 Å². The van der Waals surface area contributed by atoms with Crippen molar-refractivity contribution in [1.82, 2.24) is 0 Å². The van der Waals surface area contributed by atoms with Crippen LogP contribution < -0.4 is 0 Å². The minimum absolute atomic E-state index is 0.866. The van der Waals surface area contributed by atoms with Crippen LogP contribution in [-0.4, -0.2) is 5.66 Å². The van der Waals surface area contributed by atoms with Crippen LogP contribution >= 0.6 is 9.24 Å². The van der Waals surface area contributed by atoms with Gasteiger partial charge in [0.1, 0.15) is 0 Å². The summed E-state index contributed by atoms with van der Waals surface area (Å²) >= 11 is 0. The zero-order chi connectivity index (χ0) is 6.69. The van der Waals surface area contributed by atoms with Crippen molar-refractivity contribution >= 4 is 9.24 Å². The first-order valence-electron chi connectivity index (χ1n) is 3.72. The maximum absolute atomic E-state index is 2.92. The molecule has 9 heavy (non-hydrogen) atoms. The van der Waals surface area contributed by atoms with Crippen LogP contribution in [0.25, 0.3) is 0 Å². The van der Waals surface area contributed by atoms with Crippen molar-refractivity contribution in [1.29, 1.82) is 0 Å². The van der Waals surface area contributed by atoms with Gasteiger partial charge in [0.05, 0.1) is 0 Å². The maximum Gasteiger partial charge on any atom is -0.0227 e. The van der Waals surface area contributed by atoms with Gasteiger partial charge in [0.15, 0.2) is 0 Å².